The summed E-state index contributed by atoms with van der Waals surface area (Å²) in [5, 5.41) is 3.17. The van der Waals surface area contributed by atoms with Crippen molar-refractivity contribution in [1.82, 2.24) is 10.9 Å². The van der Waals surface area contributed by atoms with E-state index in [1.165, 1.54) is 62.6 Å². The molecule has 180 valence electrons. The average molecular weight is 516 g/mol. The van der Waals surface area contributed by atoms with Gasteiger partial charge in [-0.25, -0.2) is 0 Å². The highest BCUT2D eigenvalue weighted by molar-refractivity contribution is 6.36. The number of amides is 3. The lowest BCUT2D eigenvalue weighted by Crippen LogP contribution is -2.41. The van der Waals surface area contributed by atoms with Crippen LogP contribution in [0.5, 0.6) is 11.5 Å². The molecule has 3 aromatic rings. The third kappa shape index (κ3) is 6.72. The Morgan fingerprint density at radius 2 is 1.49 bits per heavy atom. The average Bonchev–Trinajstić information content (AvgIpc) is 2.82. The number of hydrazine groups is 1. The minimum Gasteiger partial charge on any atom is -0.493 e. The highest BCUT2D eigenvalue weighted by Gasteiger charge is 2.15. The second-order valence-corrected chi connectivity index (χ2v) is 7.87. The molecule has 3 amide bonds. The largest absolute Gasteiger partial charge is 0.493 e. The second kappa shape index (κ2) is 11.4. The SMILES string of the molecule is COc1cc(C(=O)Nc2cccc(C(=O)NNC(=O)c3ccc(Cl)cc3Cl)c2)ccc1OC(C)=O. The fourth-order valence-electron chi connectivity index (χ4n) is 2.92. The number of halogens is 2. The van der Waals surface area contributed by atoms with Gasteiger partial charge in [0.15, 0.2) is 11.5 Å². The van der Waals surface area contributed by atoms with Crippen molar-refractivity contribution in [2.75, 3.05) is 12.4 Å². The van der Waals surface area contributed by atoms with E-state index in [2.05, 4.69) is 16.2 Å². The molecule has 3 aromatic carbocycles. The molecule has 11 heteroatoms. The molecule has 0 fully saturated rings. The molecule has 35 heavy (non-hydrogen) atoms. The first-order valence-electron chi connectivity index (χ1n) is 10.0. The van der Waals surface area contributed by atoms with Crippen LogP contribution < -0.4 is 25.6 Å². The standard InChI is InChI=1S/C24H19Cl2N3O6/c1-13(30)35-20-9-6-15(11-21(20)34-2)22(31)27-17-5-3-4-14(10-17)23(32)28-29-24(33)18-8-7-16(25)12-19(18)26/h3-12H,1-2H3,(H,27,31)(H,28,32)(H,29,33). The van der Waals surface area contributed by atoms with Crippen LogP contribution in [-0.2, 0) is 4.79 Å². The minimum atomic E-state index is -0.629. The van der Waals surface area contributed by atoms with Gasteiger partial charge in [0.05, 0.1) is 17.7 Å². The number of carbonyl (C=O) groups excluding carboxylic acids is 4. The molecule has 0 aliphatic rings. The maximum Gasteiger partial charge on any atom is 0.308 e. The molecule has 0 radical (unpaired) electrons. The molecule has 0 heterocycles. The molecule has 0 aliphatic heterocycles. The van der Waals surface area contributed by atoms with Gasteiger partial charge in [-0.05, 0) is 54.6 Å². The molecule has 0 saturated heterocycles. The van der Waals surface area contributed by atoms with Crippen LogP contribution >= 0.6 is 23.2 Å². The van der Waals surface area contributed by atoms with Gasteiger partial charge in [0.2, 0.25) is 0 Å². The Balaban J connectivity index is 1.66. The molecule has 0 aromatic heterocycles. The predicted octanol–water partition coefficient (Wildman–Crippen LogP) is 4.25. The Morgan fingerprint density at radius 3 is 2.17 bits per heavy atom. The summed E-state index contributed by atoms with van der Waals surface area (Å²) >= 11 is 11.8. The van der Waals surface area contributed by atoms with Gasteiger partial charge in [0, 0.05) is 28.8 Å². The summed E-state index contributed by atoms with van der Waals surface area (Å²) in [6.45, 7) is 1.25. The maximum absolute atomic E-state index is 12.7. The molecular weight excluding hydrogens is 497 g/mol. The monoisotopic (exact) mass is 515 g/mol. The van der Waals surface area contributed by atoms with E-state index < -0.39 is 23.7 Å². The smallest absolute Gasteiger partial charge is 0.308 e. The summed E-state index contributed by atoms with van der Waals surface area (Å²) in [6.07, 6.45) is 0. The van der Waals surface area contributed by atoms with Gasteiger partial charge in [-0.2, -0.15) is 0 Å². The third-order valence-corrected chi connectivity index (χ3v) is 5.08. The lowest BCUT2D eigenvalue weighted by Gasteiger charge is -2.11. The minimum absolute atomic E-state index is 0.131. The zero-order chi connectivity index (χ0) is 25.5. The van der Waals surface area contributed by atoms with Gasteiger partial charge in [-0.1, -0.05) is 29.3 Å². The van der Waals surface area contributed by atoms with Gasteiger partial charge >= 0.3 is 5.97 Å². The first kappa shape index (κ1) is 25.5. The van der Waals surface area contributed by atoms with E-state index >= 15 is 0 Å². The Labute approximate surface area is 210 Å². The molecular formula is C24H19Cl2N3O6. The second-order valence-electron chi connectivity index (χ2n) is 7.03. The van der Waals surface area contributed by atoms with Gasteiger partial charge in [-0.15, -0.1) is 0 Å². The Bertz CT molecular complexity index is 1310. The number of ether oxygens (including phenoxy) is 2. The lowest BCUT2D eigenvalue weighted by molar-refractivity contribution is -0.132. The number of rotatable bonds is 6. The zero-order valence-corrected chi connectivity index (χ0v) is 20.0. The van der Waals surface area contributed by atoms with Crippen LogP contribution in [0.2, 0.25) is 10.0 Å². The molecule has 0 unspecified atom stereocenters. The number of esters is 1. The third-order valence-electron chi connectivity index (χ3n) is 4.53. The van der Waals surface area contributed by atoms with E-state index in [1.807, 2.05) is 0 Å². The number of methoxy groups -OCH3 is 1. The fraction of sp³-hybridized carbons (Fsp3) is 0.0833. The van der Waals surface area contributed by atoms with Crippen molar-refractivity contribution in [3.63, 3.8) is 0 Å². The molecule has 0 atom stereocenters. The van der Waals surface area contributed by atoms with Crippen LogP contribution in [-0.4, -0.2) is 30.8 Å². The van der Waals surface area contributed by atoms with Crippen LogP contribution in [0.1, 0.15) is 38.0 Å². The number of carbonyl (C=O) groups is 4. The number of anilines is 1. The molecule has 0 bridgehead atoms. The predicted molar refractivity (Wildman–Crippen MR) is 130 cm³/mol. The zero-order valence-electron chi connectivity index (χ0n) is 18.5. The van der Waals surface area contributed by atoms with E-state index in [1.54, 1.807) is 12.1 Å². The number of benzene rings is 3. The van der Waals surface area contributed by atoms with Crippen LogP contribution in [0.3, 0.4) is 0 Å². The van der Waals surface area contributed by atoms with Crippen LogP contribution in [0, 0.1) is 0 Å². The van der Waals surface area contributed by atoms with E-state index in [4.69, 9.17) is 32.7 Å². The van der Waals surface area contributed by atoms with E-state index in [-0.39, 0.29) is 33.2 Å². The number of hydrogen-bond acceptors (Lipinski definition) is 6. The van der Waals surface area contributed by atoms with E-state index in [0.29, 0.717) is 10.7 Å². The van der Waals surface area contributed by atoms with Crippen molar-refractivity contribution < 1.29 is 28.7 Å². The first-order chi connectivity index (χ1) is 16.7. The van der Waals surface area contributed by atoms with Crippen LogP contribution in [0.25, 0.3) is 0 Å². The molecule has 3 rings (SSSR count). The highest BCUT2D eigenvalue weighted by Crippen LogP contribution is 2.28. The lowest BCUT2D eigenvalue weighted by atomic mass is 10.1. The first-order valence-corrected chi connectivity index (χ1v) is 10.8. The maximum atomic E-state index is 12.7. The summed E-state index contributed by atoms with van der Waals surface area (Å²) in [6, 6.07) is 14.7. The normalized spacial score (nSPS) is 10.2. The summed E-state index contributed by atoms with van der Waals surface area (Å²) in [7, 11) is 1.38. The van der Waals surface area contributed by atoms with Gasteiger partial charge in [-0.3, -0.25) is 30.0 Å². The Morgan fingerprint density at radius 1 is 0.771 bits per heavy atom. The van der Waals surface area contributed by atoms with Crippen molar-refractivity contribution >= 4 is 52.6 Å². The van der Waals surface area contributed by atoms with Crippen LogP contribution in [0.4, 0.5) is 5.69 Å². The quantitative estimate of drug-likeness (QED) is 0.256. The van der Waals surface area contributed by atoms with Crippen molar-refractivity contribution in [2.24, 2.45) is 0 Å². The van der Waals surface area contributed by atoms with E-state index in [9.17, 15) is 19.2 Å². The van der Waals surface area contributed by atoms with Gasteiger partial charge in [0.25, 0.3) is 17.7 Å². The molecule has 9 nitrogen and oxygen atoms in total. The molecule has 0 aliphatic carbocycles. The summed E-state index contributed by atoms with van der Waals surface area (Å²) in [4.78, 5) is 48.6. The summed E-state index contributed by atoms with van der Waals surface area (Å²) in [5.74, 6) is -1.87. The van der Waals surface area contributed by atoms with Gasteiger partial charge in [0.1, 0.15) is 0 Å². The van der Waals surface area contributed by atoms with Gasteiger partial charge < -0.3 is 14.8 Å². The number of nitrogens with one attached hydrogen (secondary N) is 3. The number of hydrogen-bond donors (Lipinski definition) is 3. The summed E-state index contributed by atoms with van der Waals surface area (Å²) < 4.78 is 10.2. The molecule has 3 N–H and O–H groups in total. The molecule has 0 saturated carbocycles. The van der Waals surface area contributed by atoms with E-state index in [0.717, 1.165) is 0 Å². The van der Waals surface area contributed by atoms with Crippen molar-refractivity contribution in [1.29, 1.82) is 0 Å². The summed E-state index contributed by atoms with van der Waals surface area (Å²) in [5.41, 5.74) is 5.43. The van der Waals surface area contributed by atoms with Crippen molar-refractivity contribution in [3.8, 4) is 11.5 Å². The Hall–Kier alpha value is -4.08. The molecule has 0 spiro atoms. The van der Waals surface area contributed by atoms with Crippen LogP contribution in [0.15, 0.2) is 60.7 Å². The fourth-order valence-corrected chi connectivity index (χ4v) is 3.41. The van der Waals surface area contributed by atoms with Crippen molar-refractivity contribution in [3.05, 3.63) is 87.4 Å². The Kier molecular flexibility index (Phi) is 8.30. The topological polar surface area (TPSA) is 123 Å². The highest BCUT2D eigenvalue weighted by atomic mass is 35.5. The van der Waals surface area contributed by atoms with Crippen molar-refractivity contribution in [2.45, 2.75) is 6.92 Å².